The average Bonchev–Trinajstić information content (AvgIpc) is 2.37. The maximum absolute atomic E-state index is 11.4. The molecule has 0 heterocycles. The van der Waals surface area contributed by atoms with Crippen LogP contribution in [0.3, 0.4) is 0 Å². The molecule has 5 heteroatoms. The standard InChI is InChI=1S/C15H23ClO3S/c1-4-5-6-7-10-19-15-9-8-13(20(16,17)18)11-14(15)12(2)3/h8-9,11-12H,4-7,10H2,1-3H3. The van der Waals surface area contributed by atoms with Gasteiger partial charge in [0.2, 0.25) is 0 Å². The highest BCUT2D eigenvalue weighted by Gasteiger charge is 2.15. The van der Waals surface area contributed by atoms with Crippen LogP contribution in [0.5, 0.6) is 5.75 Å². The Hall–Kier alpha value is -0.740. The van der Waals surface area contributed by atoms with Gasteiger partial charge in [-0.15, -0.1) is 0 Å². The third kappa shape index (κ3) is 5.33. The Balaban J connectivity index is 2.81. The zero-order valence-electron chi connectivity index (χ0n) is 12.4. The number of hydrogen-bond donors (Lipinski definition) is 0. The van der Waals surface area contributed by atoms with Crippen molar-refractivity contribution in [1.82, 2.24) is 0 Å². The fourth-order valence-corrected chi connectivity index (χ4v) is 2.76. The molecule has 1 aromatic carbocycles. The molecule has 0 aliphatic carbocycles. The van der Waals surface area contributed by atoms with Gasteiger partial charge < -0.3 is 4.74 Å². The first-order chi connectivity index (χ1) is 9.36. The molecule has 0 fully saturated rings. The number of rotatable bonds is 8. The van der Waals surface area contributed by atoms with Crippen LogP contribution in [0.1, 0.15) is 57.9 Å². The van der Waals surface area contributed by atoms with Crippen LogP contribution in [0.2, 0.25) is 0 Å². The third-order valence-corrected chi connectivity index (χ3v) is 4.49. The monoisotopic (exact) mass is 318 g/mol. The fraction of sp³-hybridized carbons (Fsp3) is 0.600. The summed E-state index contributed by atoms with van der Waals surface area (Å²) in [6, 6.07) is 4.80. The minimum atomic E-state index is -3.69. The van der Waals surface area contributed by atoms with Gasteiger partial charge in [-0.1, -0.05) is 40.0 Å². The summed E-state index contributed by atoms with van der Waals surface area (Å²) in [5.41, 5.74) is 0.877. The van der Waals surface area contributed by atoms with Crippen molar-refractivity contribution >= 4 is 19.7 Å². The van der Waals surface area contributed by atoms with Crippen LogP contribution < -0.4 is 4.74 Å². The first-order valence-corrected chi connectivity index (χ1v) is 9.38. The normalized spacial score (nSPS) is 11.8. The van der Waals surface area contributed by atoms with E-state index in [0.29, 0.717) is 6.61 Å². The van der Waals surface area contributed by atoms with Crippen molar-refractivity contribution in [2.24, 2.45) is 0 Å². The summed E-state index contributed by atoms with van der Waals surface area (Å²) >= 11 is 0. The topological polar surface area (TPSA) is 43.4 Å². The summed E-state index contributed by atoms with van der Waals surface area (Å²) in [4.78, 5) is 0.126. The molecule has 0 radical (unpaired) electrons. The molecule has 0 unspecified atom stereocenters. The maximum atomic E-state index is 11.4. The molecule has 0 aliphatic heterocycles. The van der Waals surface area contributed by atoms with E-state index in [4.69, 9.17) is 15.4 Å². The van der Waals surface area contributed by atoms with Crippen molar-refractivity contribution in [3.63, 3.8) is 0 Å². The molecule has 1 aromatic rings. The molecular weight excluding hydrogens is 296 g/mol. The van der Waals surface area contributed by atoms with Gasteiger partial charge in [0.1, 0.15) is 5.75 Å². The largest absolute Gasteiger partial charge is 0.493 e. The van der Waals surface area contributed by atoms with E-state index in [9.17, 15) is 8.42 Å². The Morgan fingerprint density at radius 1 is 1.20 bits per heavy atom. The lowest BCUT2D eigenvalue weighted by atomic mass is 10.0. The summed E-state index contributed by atoms with van der Waals surface area (Å²) in [6.07, 6.45) is 4.58. The maximum Gasteiger partial charge on any atom is 0.261 e. The quantitative estimate of drug-likeness (QED) is 0.515. The fourth-order valence-electron chi connectivity index (χ4n) is 1.97. The highest BCUT2D eigenvalue weighted by molar-refractivity contribution is 8.13. The zero-order valence-corrected chi connectivity index (χ0v) is 13.9. The van der Waals surface area contributed by atoms with Gasteiger partial charge in [-0.2, -0.15) is 0 Å². The first-order valence-electron chi connectivity index (χ1n) is 7.07. The van der Waals surface area contributed by atoms with Crippen LogP contribution in [0.4, 0.5) is 0 Å². The van der Waals surface area contributed by atoms with E-state index in [-0.39, 0.29) is 10.8 Å². The third-order valence-electron chi connectivity index (χ3n) is 3.14. The summed E-state index contributed by atoms with van der Waals surface area (Å²) in [6.45, 7) is 6.84. The SMILES string of the molecule is CCCCCCOc1ccc(S(=O)(=O)Cl)cc1C(C)C. The van der Waals surface area contributed by atoms with Crippen molar-refractivity contribution in [2.75, 3.05) is 6.61 Å². The molecule has 20 heavy (non-hydrogen) atoms. The van der Waals surface area contributed by atoms with Crippen molar-refractivity contribution in [3.05, 3.63) is 23.8 Å². The molecular formula is C15H23ClO3S. The minimum Gasteiger partial charge on any atom is -0.493 e. The lowest BCUT2D eigenvalue weighted by molar-refractivity contribution is 0.301. The van der Waals surface area contributed by atoms with Crippen LogP contribution >= 0.6 is 10.7 Å². The number of halogens is 1. The highest BCUT2D eigenvalue weighted by atomic mass is 35.7. The summed E-state index contributed by atoms with van der Waals surface area (Å²) in [5, 5.41) is 0. The highest BCUT2D eigenvalue weighted by Crippen LogP contribution is 2.30. The molecule has 0 N–H and O–H groups in total. The minimum absolute atomic E-state index is 0.126. The summed E-state index contributed by atoms with van der Waals surface area (Å²) in [7, 11) is 1.69. The van der Waals surface area contributed by atoms with E-state index in [1.165, 1.54) is 18.9 Å². The molecule has 0 aliphatic rings. The van der Waals surface area contributed by atoms with Gasteiger partial charge in [0.15, 0.2) is 0 Å². The molecule has 3 nitrogen and oxygen atoms in total. The van der Waals surface area contributed by atoms with Crippen molar-refractivity contribution < 1.29 is 13.2 Å². The van der Waals surface area contributed by atoms with Gasteiger partial charge in [-0.3, -0.25) is 0 Å². The van der Waals surface area contributed by atoms with Gasteiger partial charge in [0.05, 0.1) is 11.5 Å². The van der Waals surface area contributed by atoms with E-state index in [1.54, 1.807) is 12.1 Å². The average molecular weight is 319 g/mol. The summed E-state index contributed by atoms with van der Waals surface area (Å²) < 4.78 is 28.5. The Kier molecular flexibility index (Phi) is 6.83. The molecule has 0 saturated carbocycles. The number of hydrogen-bond acceptors (Lipinski definition) is 3. The Morgan fingerprint density at radius 2 is 1.90 bits per heavy atom. The molecule has 0 amide bonds. The lowest BCUT2D eigenvalue weighted by Gasteiger charge is -2.15. The Morgan fingerprint density at radius 3 is 2.45 bits per heavy atom. The van der Waals surface area contributed by atoms with E-state index in [2.05, 4.69) is 6.92 Å². The van der Waals surface area contributed by atoms with Gasteiger partial charge >= 0.3 is 0 Å². The van der Waals surface area contributed by atoms with E-state index < -0.39 is 9.05 Å². The van der Waals surface area contributed by atoms with Crippen molar-refractivity contribution in [1.29, 1.82) is 0 Å². The van der Waals surface area contributed by atoms with Crippen molar-refractivity contribution in [2.45, 2.75) is 57.3 Å². The Labute approximate surface area is 126 Å². The van der Waals surface area contributed by atoms with Crippen molar-refractivity contribution in [3.8, 4) is 5.75 Å². The van der Waals surface area contributed by atoms with Crippen LogP contribution in [0.25, 0.3) is 0 Å². The number of ether oxygens (including phenoxy) is 1. The second-order valence-corrected chi connectivity index (χ2v) is 7.77. The van der Waals surface area contributed by atoms with Gasteiger partial charge in [-0.05, 0) is 36.1 Å². The Bertz CT molecular complexity index is 524. The second-order valence-electron chi connectivity index (χ2n) is 5.20. The molecule has 1 rings (SSSR count). The van der Waals surface area contributed by atoms with Gasteiger partial charge in [-0.25, -0.2) is 8.42 Å². The van der Waals surface area contributed by atoms with E-state index >= 15 is 0 Å². The molecule has 0 bridgehead atoms. The zero-order chi connectivity index (χ0) is 15.2. The number of unbranched alkanes of at least 4 members (excludes halogenated alkanes) is 3. The van der Waals surface area contributed by atoms with Crippen LogP contribution in [-0.4, -0.2) is 15.0 Å². The smallest absolute Gasteiger partial charge is 0.261 e. The lowest BCUT2D eigenvalue weighted by Crippen LogP contribution is -2.03. The molecule has 114 valence electrons. The van der Waals surface area contributed by atoms with Gasteiger partial charge in [0.25, 0.3) is 9.05 Å². The molecule has 0 spiro atoms. The van der Waals surface area contributed by atoms with Crippen LogP contribution in [0, 0.1) is 0 Å². The van der Waals surface area contributed by atoms with Crippen LogP contribution in [-0.2, 0) is 9.05 Å². The van der Waals surface area contributed by atoms with Crippen LogP contribution in [0.15, 0.2) is 23.1 Å². The van der Waals surface area contributed by atoms with E-state index in [1.807, 2.05) is 13.8 Å². The predicted molar refractivity (Wildman–Crippen MR) is 83.2 cm³/mol. The first kappa shape index (κ1) is 17.3. The predicted octanol–water partition coefficient (Wildman–Crippen LogP) is 4.70. The van der Waals surface area contributed by atoms with E-state index in [0.717, 1.165) is 24.2 Å². The molecule has 0 atom stereocenters. The second kappa shape index (κ2) is 7.89. The molecule has 0 aromatic heterocycles. The molecule has 0 saturated heterocycles. The number of benzene rings is 1. The summed E-state index contributed by atoms with van der Waals surface area (Å²) in [5.74, 6) is 0.930. The van der Waals surface area contributed by atoms with Gasteiger partial charge in [0, 0.05) is 10.7 Å².